The first kappa shape index (κ1) is 29.6. The predicted octanol–water partition coefficient (Wildman–Crippen LogP) is 4.72. The van der Waals surface area contributed by atoms with E-state index in [9.17, 15) is 22.4 Å². The molecule has 39 heavy (non-hydrogen) atoms. The number of sulfonamides is 1. The molecule has 3 rings (SSSR count). The molecule has 0 saturated heterocycles. The predicted molar refractivity (Wildman–Crippen MR) is 149 cm³/mol. The molecule has 2 unspecified atom stereocenters. The summed E-state index contributed by atoms with van der Waals surface area (Å²) in [5.74, 6) is -0.254. The van der Waals surface area contributed by atoms with Crippen LogP contribution in [0.5, 0.6) is 11.5 Å². The van der Waals surface area contributed by atoms with Crippen molar-refractivity contribution < 1.29 is 27.1 Å². The van der Waals surface area contributed by atoms with E-state index in [1.54, 1.807) is 43.3 Å². The number of carbonyl (C=O) groups is 2. The van der Waals surface area contributed by atoms with Gasteiger partial charge in [0.25, 0.3) is 0 Å². The van der Waals surface area contributed by atoms with Gasteiger partial charge in [-0.2, -0.15) is 0 Å². The van der Waals surface area contributed by atoms with Crippen LogP contribution in [0.4, 0.5) is 10.1 Å². The molecule has 3 aromatic carbocycles. The van der Waals surface area contributed by atoms with Gasteiger partial charge < -0.3 is 15.0 Å². The van der Waals surface area contributed by atoms with E-state index in [4.69, 9.17) is 4.74 Å². The maximum absolute atomic E-state index is 13.6. The van der Waals surface area contributed by atoms with Crippen molar-refractivity contribution in [1.29, 1.82) is 0 Å². The maximum Gasteiger partial charge on any atom is 0.244 e. The fourth-order valence-electron chi connectivity index (χ4n) is 3.75. The van der Waals surface area contributed by atoms with E-state index in [1.165, 1.54) is 29.2 Å². The van der Waals surface area contributed by atoms with Crippen LogP contribution in [0.3, 0.4) is 0 Å². The van der Waals surface area contributed by atoms with Gasteiger partial charge in [0.05, 0.1) is 11.9 Å². The summed E-state index contributed by atoms with van der Waals surface area (Å²) < 4.78 is 45.7. The number of hydrogen-bond donors (Lipinski definition) is 1. The van der Waals surface area contributed by atoms with Gasteiger partial charge in [0.15, 0.2) is 0 Å². The minimum atomic E-state index is -3.87. The van der Waals surface area contributed by atoms with E-state index in [-0.39, 0.29) is 24.2 Å². The Labute approximate surface area is 229 Å². The Morgan fingerprint density at radius 3 is 2.08 bits per heavy atom. The highest BCUT2D eigenvalue weighted by Gasteiger charge is 2.30. The Morgan fingerprint density at radius 2 is 1.51 bits per heavy atom. The normalized spacial score (nSPS) is 12.7. The number of rotatable bonds is 12. The van der Waals surface area contributed by atoms with Crippen LogP contribution in [0, 0.1) is 5.82 Å². The van der Waals surface area contributed by atoms with E-state index in [2.05, 4.69) is 5.32 Å². The molecular weight excluding hydrogens is 521 g/mol. The van der Waals surface area contributed by atoms with Gasteiger partial charge in [0, 0.05) is 12.6 Å². The summed E-state index contributed by atoms with van der Waals surface area (Å²) in [5, 5.41) is 2.86. The standard InChI is InChI=1S/C29H34FN3O5S/c1-5-21(2)31-29(35)22(3)32(19-23-11-13-24(30)14-12-23)28(34)20-33(39(4,36)37)25-15-17-27(18-16-25)38-26-9-7-6-8-10-26/h6-18,21-22H,5,19-20H2,1-4H3,(H,31,35). The zero-order valence-corrected chi connectivity index (χ0v) is 23.3. The van der Waals surface area contributed by atoms with Crippen molar-refractivity contribution in [3.63, 3.8) is 0 Å². The first-order valence-electron chi connectivity index (χ1n) is 12.6. The third-order valence-electron chi connectivity index (χ3n) is 6.22. The lowest BCUT2D eigenvalue weighted by molar-refractivity contribution is -0.139. The molecule has 0 aromatic heterocycles. The van der Waals surface area contributed by atoms with E-state index in [0.717, 1.165) is 10.6 Å². The van der Waals surface area contributed by atoms with Gasteiger partial charge in [-0.3, -0.25) is 13.9 Å². The minimum absolute atomic E-state index is 0.00430. The second kappa shape index (κ2) is 13.2. The quantitative estimate of drug-likeness (QED) is 0.349. The zero-order chi connectivity index (χ0) is 28.6. The summed E-state index contributed by atoms with van der Waals surface area (Å²) in [4.78, 5) is 27.8. The van der Waals surface area contributed by atoms with Crippen molar-refractivity contribution in [1.82, 2.24) is 10.2 Å². The highest BCUT2D eigenvalue weighted by atomic mass is 32.2. The fraction of sp³-hybridized carbons (Fsp3) is 0.310. The highest BCUT2D eigenvalue weighted by Crippen LogP contribution is 2.26. The van der Waals surface area contributed by atoms with Gasteiger partial charge in [-0.05, 0) is 74.4 Å². The monoisotopic (exact) mass is 555 g/mol. The first-order valence-corrected chi connectivity index (χ1v) is 14.5. The highest BCUT2D eigenvalue weighted by molar-refractivity contribution is 7.92. The molecule has 0 radical (unpaired) electrons. The van der Waals surface area contributed by atoms with Crippen LogP contribution in [0.1, 0.15) is 32.8 Å². The van der Waals surface area contributed by atoms with Crippen molar-refractivity contribution >= 4 is 27.5 Å². The number of hydrogen-bond acceptors (Lipinski definition) is 5. The molecule has 0 aliphatic heterocycles. The van der Waals surface area contributed by atoms with E-state index >= 15 is 0 Å². The molecule has 0 bridgehead atoms. The smallest absolute Gasteiger partial charge is 0.244 e. The number of nitrogens with zero attached hydrogens (tertiary/aromatic N) is 2. The average Bonchev–Trinajstić information content (AvgIpc) is 2.91. The largest absolute Gasteiger partial charge is 0.457 e. The zero-order valence-electron chi connectivity index (χ0n) is 22.5. The van der Waals surface area contributed by atoms with Crippen LogP contribution in [-0.2, 0) is 26.2 Å². The molecule has 1 N–H and O–H groups in total. The summed E-state index contributed by atoms with van der Waals surface area (Å²) in [5.41, 5.74) is 0.867. The summed E-state index contributed by atoms with van der Waals surface area (Å²) in [6.45, 7) is 4.83. The molecule has 0 spiro atoms. The molecule has 8 nitrogen and oxygen atoms in total. The van der Waals surface area contributed by atoms with Gasteiger partial charge in [0.2, 0.25) is 21.8 Å². The van der Waals surface area contributed by atoms with Crippen LogP contribution >= 0.6 is 0 Å². The van der Waals surface area contributed by atoms with Crippen molar-refractivity contribution in [2.24, 2.45) is 0 Å². The Hall–Kier alpha value is -3.92. The third kappa shape index (κ3) is 8.54. The first-order chi connectivity index (χ1) is 18.5. The number of para-hydroxylation sites is 1. The second-order valence-corrected chi connectivity index (χ2v) is 11.2. The van der Waals surface area contributed by atoms with Crippen molar-refractivity contribution in [3.8, 4) is 11.5 Å². The molecule has 0 heterocycles. The second-order valence-electron chi connectivity index (χ2n) is 9.32. The Balaban J connectivity index is 1.85. The lowest BCUT2D eigenvalue weighted by Crippen LogP contribution is -2.52. The van der Waals surface area contributed by atoms with Crippen LogP contribution < -0.4 is 14.4 Å². The van der Waals surface area contributed by atoms with Gasteiger partial charge in [-0.25, -0.2) is 12.8 Å². The number of nitrogens with one attached hydrogen (secondary N) is 1. The number of anilines is 1. The molecule has 2 amide bonds. The number of carbonyl (C=O) groups excluding carboxylic acids is 2. The summed E-state index contributed by atoms with van der Waals surface area (Å²) in [7, 11) is -3.87. The van der Waals surface area contributed by atoms with E-state index in [0.29, 0.717) is 23.5 Å². The summed E-state index contributed by atoms with van der Waals surface area (Å²) in [6, 6.07) is 20.0. The molecule has 0 fully saturated rings. The molecule has 0 aliphatic rings. The SMILES string of the molecule is CCC(C)NC(=O)C(C)N(Cc1ccc(F)cc1)C(=O)CN(c1ccc(Oc2ccccc2)cc1)S(C)(=O)=O. The number of ether oxygens (including phenoxy) is 1. The molecule has 208 valence electrons. The van der Waals surface area contributed by atoms with Gasteiger partial charge in [0.1, 0.15) is 29.9 Å². The minimum Gasteiger partial charge on any atom is -0.457 e. The fourth-order valence-corrected chi connectivity index (χ4v) is 4.60. The maximum atomic E-state index is 13.6. The Kier molecular flexibility index (Phi) is 10.1. The lowest BCUT2D eigenvalue weighted by Gasteiger charge is -2.32. The molecule has 0 saturated carbocycles. The summed E-state index contributed by atoms with van der Waals surface area (Å²) >= 11 is 0. The molecule has 3 aromatic rings. The van der Waals surface area contributed by atoms with Crippen LogP contribution in [0.25, 0.3) is 0 Å². The molecule has 0 aliphatic carbocycles. The van der Waals surface area contributed by atoms with Gasteiger partial charge in [-0.15, -0.1) is 0 Å². The average molecular weight is 556 g/mol. The van der Waals surface area contributed by atoms with Crippen LogP contribution in [0.2, 0.25) is 0 Å². The number of benzene rings is 3. The van der Waals surface area contributed by atoms with Gasteiger partial charge in [-0.1, -0.05) is 37.3 Å². The topological polar surface area (TPSA) is 96.0 Å². The molecular formula is C29H34FN3O5S. The van der Waals surface area contributed by atoms with Crippen LogP contribution in [-0.4, -0.2) is 50.0 Å². The van der Waals surface area contributed by atoms with Crippen molar-refractivity contribution in [2.45, 2.75) is 45.8 Å². The molecule has 2 atom stereocenters. The third-order valence-corrected chi connectivity index (χ3v) is 7.36. The van der Waals surface area contributed by atoms with Gasteiger partial charge >= 0.3 is 0 Å². The lowest BCUT2D eigenvalue weighted by atomic mass is 10.1. The molecule has 10 heteroatoms. The van der Waals surface area contributed by atoms with E-state index < -0.39 is 34.3 Å². The van der Waals surface area contributed by atoms with E-state index in [1.807, 2.05) is 32.0 Å². The summed E-state index contributed by atoms with van der Waals surface area (Å²) in [6.07, 6.45) is 1.72. The Bertz CT molecular complexity index is 1350. The van der Waals surface area contributed by atoms with Crippen LogP contribution in [0.15, 0.2) is 78.9 Å². The number of amides is 2. The van der Waals surface area contributed by atoms with Crippen molar-refractivity contribution in [2.75, 3.05) is 17.1 Å². The van der Waals surface area contributed by atoms with Crippen molar-refractivity contribution in [3.05, 3.63) is 90.2 Å². The Morgan fingerprint density at radius 1 is 0.923 bits per heavy atom. The number of halogens is 1.